The normalized spacial score (nSPS) is 12.4. The molecular formula is C22H22FNO3S. The quantitative estimate of drug-likeness (QED) is 0.579. The second kappa shape index (κ2) is 8.02. The molecule has 1 atom stereocenters. The van der Waals surface area contributed by atoms with Gasteiger partial charge in [-0.1, -0.05) is 30.3 Å². The zero-order valence-electron chi connectivity index (χ0n) is 16.0. The Kier molecular flexibility index (Phi) is 5.70. The minimum atomic E-state index is -3.88. The first-order valence-electron chi connectivity index (χ1n) is 8.84. The summed E-state index contributed by atoms with van der Waals surface area (Å²) in [6, 6.07) is 19.0. The molecule has 0 aliphatic rings. The molecule has 3 rings (SSSR count). The van der Waals surface area contributed by atoms with Gasteiger partial charge in [0.1, 0.15) is 11.6 Å². The number of ether oxygens (including phenoxy) is 1. The molecule has 4 nitrogen and oxygen atoms in total. The van der Waals surface area contributed by atoms with Crippen molar-refractivity contribution in [1.29, 1.82) is 0 Å². The number of rotatable bonds is 6. The molecule has 0 saturated carbocycles. The van der Waals surface area contributed by atoms with Gasteiger partial charge in [0, 0.05) is 0 Å². The van der Waals surface area contributed by atoms with Gasteiger partial charge in [-0.25, -0.2) is 12.8 Å². The Morgan fingerprint density at radius 1 is 0.929 bits per heavy atom. The maximum absolute atomic E-state index is 13.6. The summed E-state index contributed by atoms with van der Waals surface area (Å²) >= 11 is 0. The largest absolute Gasteiger partial charge is 0.497 e. The molecular weight excluding hydrogens is 377 g/mol. The van der Waals surface area contributed by atoms with Gasteiger partial charge in [0.2, 0.25) is 0 Å². The van der Waals surface area contributed by atoms with Crippen molar-refractivity contribution in [2.24, 2.45) is 0 Å². The lowest BCUT2D eigenvalue weighted by Gasteiger charge is -2.31. The number of anilines is 1. The Morgan fingerprint density at radius 2 is 1.54 bits per heavy atom. The topological polar surface area (TPSA) is 46.6 Å². The highest BCUT2D eigenvalue weighted by Crippen LogP contribution is 2.34. The summed E-state index contributed by atoms with van der Waals surface area (Å²) < 4.78 is 47.1. The highest BCUT2D eigenvalue weighted by Gasteiger charge is 2.31. The van der Waals surface area contributed by atoms with Crippen molar-refractivity contribution < 1.29 is 17.5 Å². The Hall–Kier alpha value is -2.86. The monoisotopic (exact) mass is 399 g/mol. The number of sulfonamides is 1. The van der Waals surface area contributed by atoms with Crippen LogP contribution in [0, 0.1) is 12.7 Å². The number of benzene rings is 3. The molecule has 0 heterocycles. The molecule has 6 heteroatoms. The molecule has 0 aliphatic heterocycles. The lowest BCUT2D eigenvalue weighted by molar-refractivity contribution is 0.414. The fourth-order valence-corrected chi connectivity index (χ4v) is 5.00. The summed E-state index contributed by atoms with van der Waals surface area (Å²) in [6.45, 7) is 3.56. The number of aryl methyl sites for hydroxylation is 1. The van der Waals surface area contributed by atoms with Gasteiger partial charge in [0.25, 0.3) is 10.0 Å². The average Bonchev–Trinajstić information content (AvgIpc) is 2.69. The first-order valence-corrected chi connectivity index (χ1v) is 10.3. The van der Waals surface area contributed by atoms with Crippen LogP contribution in [0.4, 0.5) is 10.1 Å². The van der Waals surface area contributed by atoms with Crippen LogP contribution in [0.15, 0.2) is 77.7 Å². The molecule has 0 unspecified atom stereocenters. The van der Waals surface area contributed by atoms with Crippen molar-refractivity contribution in [3.05, 3.63) is 89.7 Å². The summed E-state index contributed by atoms with van der Waals surface area (Å²) in [5, 5.41) is 0. The van der Waals surface area contributed by atoms with E-state index in [0.717, 1.165) is 5.56 Å². The molecule has 146 valence electrons. The summed E-state index contributed by atoms with van der Waals surface area (Å²) in [5.41, 5.74) is 1.84. The molecule has 3 aromatic carbocycles. The van der Waals surface area contributed by atoms with E-state index >= 15 is 0 Å². The predicted octanol–water partition coefficient (Wildman–Crippen LogP) is 5.10. The standard InChI is InChI=1S/C22H22FNO3S/c1-16-6-4-5-7-22(16)28(25,26)24(20-12-10-19(23)11-13-20)17(2)18-8-14-21(27-3)15-9-18/h4-15,17H,1-3H3/t17-/m0/s1. The summed E-state index contributed by atoms with van der Waals surface area (Å²) in [7, 11) is -2.31. The number of methoxy groups -OCH3 is 1. The third kappa shape index (κ3) is 3.87. The van der Waals surface area contributed by atoms with Crippen LogP contribution in [0.1, 0.15) is 24.1 Å². The second-order valence-electron chi connectivity index (χ2n) is 6.49. The second-order valence-corrected chi connectivity index (χ2v) is 8.28. The van der Waals surface area contributed by atoms with E-state index < -0.39 is 21.9 Å². The van der Waals surface area contributed by atoms with Crippen LogP contribution in [0.3, 0.4) is 0 Å². The molecule has 0 amide bonds. The molecule has 0 bridgehead atoms. The highest BCUT2D eigenvalue weighted by molar-refractivity contribution is 7.92. The molecule has 3 aromatic rings. The van der Waals surface area contributed by atoms with Gasteiger partial charge in [0.05, 0.1) is 23.7 Å². The van der Waals surface area contributed by atoms with E-state index in [4.69, 9.17) is 4.74 Å². The lowest BCUT2D eigenvalue weighted by atomic mass is 10.1. The fourth-order valence-electron chi connectivity index (χ4n) is 3.13. The third-order valence-corrected chi connectivity index (χ3v) is 6.72. The highest BCUT2D eigenvalue weighted by atomic mass is 32.2. The lowest BCUT2D eigenvalue weighted by Crippen LogP contribution is -2.34. The van der Waals surface area contributed by atoms with Crippen molar-refractivity contribution in [2.75, 3.05) is 11.4 Å². The zero-order valence-corrected chi connectivity index (χ0v) is 16.8. The number of nitrogens with zero attached hydrogens (tertiary/aromatic N) is 1. The summed E-state index contributed by atoms with van der Waals surface area (Å²) in [4.78, 5) is 0.222. The van der Waals surface area contributed by atoms with Crippen molar-refractivity contribution >= 4 is 15.7 Å². The first-order chi connectivity index (χ1) is 13.3. The molecule has 28 heavy (non-hydrogen) atoms. The van der Waals surface area contributed by atoms with E-state index in [1.807, 2.05) is 12.1 Å². The van der Waals surface area contributed by atoms with Crippen LogP contribution >= 0.6 is 0 Å². The molecule has 0 N–H and O–H groups in total. The molecule has 0 spiro atoms. The van der Waals surface area contributed by atoms with Crippen LogP contribution in [0.5, 0.6) is 5.75 Å². The van der Waals surface area contributed by atoms with Crippen LogP contribution in [0.2, 0.25) is 0 Å². The summed E-state index contributed by atoms with van der Waals surface area (Å²) in [5.74, 6) is 0.264. The van der Waals surface area contributed by atoms with Crippen LogP contribution in [0.25, 0.3) is 0 Å². The van der Waals surface area contributed by atoms with Crippen LogP contribution in [-0.2, 0) is 10.0 Å². The SMILES string of the molecule is COc1ccc([C@H](C)N(c2ccc(F)cc2)S(=O)(=O)c2ccccc2C)cc1. The summed E-state index contributed by atoms with van der Waals surface area (Å²) in [6.07, 6.45) is 0. The van der Waals surface area contributed by atoms with Crippen molar-refractivity contribution in [3.63, 3.8) is 0 Å². The van der Waals surface area contributed by atoms with Gasteiger partial charge < -0.3 is 4.74 Å². The van der Waals surface area contributed by atoms with Crippen molar-refractivity contribution in [3.8, 4) is 5.75 Å². The fraction of sp³-hybridized carbons (Fsp3) is 0.182. The van der Waals surface area contributed by atoms with Crippen LogP contribution in [-0.4, -0.2) is 15.5 Å². The van der Waals surface area contributed by atoms with Crippen molar-refractivity contribution in [1.82, 2.24) is 0 Å². The van der Waals surface area contributed by atoms with Gasteiger partial charge in [-0.2, -0.15) is 0 Å². The van der Waals surface area contributed by atoms with Gasteiger partial charge in [0.15, 0.2) is 0 Å². The van der Waals surface area contributed by atoms with E-state index in [1.165, 1.54) is 28.6 Å². The van der Waals surface area contributed by atoms with Gasteiger partial charge in [-0.15, -0.1) is 0 Å². The minimum Gasteiger partial charge on any atom is -0.497 e. The Bertz CT molecular complexity index is 1050. The van der Waals surface area contributed by atoms with E-state index in [-0.39, 0.29) is 4.90 Å². The molecule has 0 fully saturated rings. The number of hydrogen-bond acceptors (Lipinski definition) is 3. The molecule has 0 aliphatic carbocycles. The van der Waals surface area contributed by atoms with Gasteiger partial charge in [-0.3, -0.25) is 4.31 Å². The van der Waals surface area contributed by atoms with Crippen LogP contribution < -0.4 is 9.04 Å². The zero-order chi connectivity index (χ0) is 20.3. The third-order valence-electron chi connectivity index (χ3n) is 4.66. The maximum Gasteiger partial charge on any atom is 0.265 e. The smallest absolute Gasteiger partial charge is 0.265 e. The maximum atomic E-state index is 13.6. The number of hydrogen-bond donors (Lipinski definition) is 0. The average molecular weight is 399 g/mol. The Labute approximate surface area is 165 Å². The molecule has 0 saturated heterocycles. The molecule has 0 radical (unpaired) electrons. The van der Waals surface area contributed by atoms with E-state index in [1.54, 1.807) is 57.4 Å². The van der Waals surface area contributed by atoms with Gasteiger partial charge in [-0.05, 0) is 67.4 Å². The Balaban J connectivity index is 2.14. The van der Waals surface area contributed by atoms with Crippen molar-refractivity contribution in [2.45, 2.75) is 24.8 Å². The van der Waals surface area contributed by atoms with Gasteiger partial charge >= 0.3 is 0 Å². The Morgan fingerprint density at radius 3 is 2.11 bits per heavy atom. The van der Waals surface area contributed by atoms with E-state index in [2.05, 4.69) is 0 Å². The number of halogens is 1. The molecule has 0 aromatic heterocycles. The predicted molar refractivity (Wildman–Crippen MR) is 109 cm³/mol. The van der Waals surface area contributed by atoms with E-state index in [9.17, 15) is 12.8 Å². The van der Waals surface area contributed by atoms with E-state index in [0.29, 0.717) is 17.0 Å². The minimum absolute atomic E-state index is 0.222. The first kappa shape index (κ1) is 19.9.